The molecule has 1 saturated heterocycles. The molecule has 0 saturated carbocycles. The number of carbonyl (C=O) groups is 1. The van der Waals surface area contributed by atoms with Crippen molar-refractivity contribution in [2.45, 2.75) is 32.2 Å². The second-order valence-electron chi connectivity index (χ2n) is 7.45. The summed E-state index contributed by atoms with van der Waals surface area (Å²) in [6.45, 7) is 3.59. The number of hydrogen-bond acceptors (Lipinski definition) is 4. The molecule has 1 unspecified atom stereocenters. The molecule has 1 atom stereocenters. The molecular formula is C21H25Cl2N3O3S. The first-order chi connectivity index (χ1) is 14.1. The maximum atomic E-state index is 12.8. The molecular weight excluding hydrogens is 445 g/mol. The number of piperidine rings is 1. The van der Waals surface area contributed by atoms with Crippen LogP contribution in [0.3, 0.4) is 0 Å². The van der Waals surface area contributed by atoms with Crippen LogP contribution in [0, 0.1) is 0 Å². The number of sulfonamides is 1. The zero-order chi connectivity index (χ0) is 21.9. The van der Waals surface area contributed by atoms with Gasteiger partial charge in [-0.1, -0.05) is 23.2 Å². The van der Waals surface area contributed by atoms with Gasteiger partial charge in [0.1, 0.15) is 6.04 Å². The lowest BCUT2D eigenvalue weighted by atomic mass is 10.1. The lowest BCUT2D eigenvalue weighted by Gasteiger charge is -2.29. The minimum absolute atomic E-state index is 0.234. The van der Waals surface area contributed by atoms with Crippen LogP contribution in [0.2, 0.25) is 10.0 Å². The van der Waals surface area contributed by atoms with Gasteiger partial charge in [0, 0.05) is 34.5 Å². The average Bonchev–Trinajstić information content (AvgIpc) is 2.67. The molecule has 1 amide bonds. The fourth-order valence-electron chi connectivity index (χ4n) is 3.63. The number of nitrogens with zero attached hydrogens (tertiary/aromatic N) is 2. The smallest absolute Gasteiger partial charge is 0.247 e. The molecule has 6 nitrogen and oxygen atoms in total. The van der Waals surface area contributed by atoms with Crippen molar-refractivity contribution >= 4 is 56.2 Å². The van der Waals surface area contributed by atoms with E-state index in [1.54, 1.807) is 0 Å². The molecule has 0 bridgehead atoms. The van der Waals surface area contributed by atoms with Crippen molar-refractivity contribution in [2.24, 2.45) is 0 Å². The van der Waals surface area contributed by atoms with Gasteiger partial charge in [-0.2, -0.15) is 0 Å². The third-order valence-electron chi connectivity index (χ3n) is 5.05. The lowest BCUT2D eigenvalue weighted by molar-refractivity contribution is -0.116. The lowest BCUT2D eigenvalue weighted by Crippen LogP contribution is -2.45. The normalized spacial score (nSPS) is 15.5. The Kier molecular flexibility index (Phi) is 7.16. The van der Waals surface area contributed by atoms with Crippen LogP contribution >= 0.6 is 23.2 Å². The molecule has 9 heteroatoms. The molecule has 1 aliphatic rings. The average molecular weight is 470 g/mol. The van der Waals surface area contributed by atoms with Gasteiger partial charge in [0.05, 0.1) is 11.9 Å². The minimum Gasteiger partial charge on any atom is -0.372 e. The van der Waals surface area contributed by atoms with E-state index in [2.05, 4.69) is 10.2 Å². The number of rotatable bonds is 6. The van der Waals surface area contributed by atoms with Gasteiger partial charge in [-0.05, 0) is 68.7 Å². The van der Waals surface area contributed by atoms with Gasteiger partial charge >= 0.3 is 0 Å². The molecule has 3 rings (SSSR count). The molecule has 0 aliphatic carbocycles. The van der Waals surface area contributed by atoms with E-state index in [0.29, 0.717) is 5.69 Å². The Balaban J connectivity index is 1.77. The highest BCUT2D eigenvalue weighted by molar-refractivity contribution is 7.92. The van der Waals surface area contributed by atoms with Gasteiger partial charge in [0.15, 0.2) is 0 Å². The van der Waals surface area contributed by atoms with Gasteiger partial charge in [-0.3, -0.25) is 9.10 Å². The van der Waals surface area contributed by atoms with E-state index < -0.39 is 22.0 Å². The third kappa shape index (κ3) is 5.59. The summed E-state index contributed by atoms with van der Waals surface area (Å²) in [7, 11) is -3.76. The van der Waals surface area contributed by atoms with E-state index in [1.165, 1.54) is 44.4 Å². The van der Waals surface area contributed by atoms with Crippen molar-refractivity contribution in [3.8, 4) is 0 Å². The number of hydrogen-bond donors (Lipinski definition) is 1. The van der Waals surface area contributed by atoms with Crippen molar-refractivity contribution < 1.29 is 13.2 Å². The van der Waals surface area contributed by atoms with Crippen LogP contribution in [0.4, 0.5) is 17.1 Å². The van der Waals surface area contributed by atoms with Crippen LogP contribution in [0.1, 0.15) is 26.2 Å². The molecule has 0 radical (unpaired) electrons. The zero-order valence-electron chi connectivity index (χ0n) is 16.9. The number of anilines is 3. The molecule has 30 heavy (non-hydrogen) atoms. The van der Waals surface area contributed by atoms with Gasteiger partial charge in [0.25, 0.3) is 0 Å². The summed E-state index contributed by atoms with van der Waals surface area (Å²) in [6.07, 6.45) is 4.67. The summed E-state index contributed by atoms with van der Waals surface area (Å²) in [5.74, 6) is -0.456. The Bertz CT molecular complexity index is 986. The van der Waals surface area contributed by atoms with E-state index >= 15 is 0 Å². The monoisotopic (exact) mass is 469 g/mol. The minimum atomic E-state index is -3.76. The van der Waals surface area contributed by atoms with Gasteiger partial charge in [-0.25, -0.2) is 8.42 Å². The summed E-state index contributed by atoms with van der Waals surface area (Å²) in [5.41, 5.74) is 1.95. The highest BCUT2D eigenvalue weighted by atomic mass is 35.5. The van der Waals surface area contributed by atoms with E-state index in [9.17, 15) is 13.2 Å². The predicted octanol–water partition coefficient (Wildman–Crippen LogP) is 4.78. The van der Waals surface area contributed by atoms with E-state index in [1.807, 2.05) is 24.3 Å². The van der Waals surface area contributed by atoms with Gasteiger partial charge in [-0.15, -0.1) is 0 Å². The zero-order valence-corrected chi connectivity index (χ0v) is 19.3. The van der Waals surface area contributed by atoms with Crippen molar-refractivity contribution in [3.05, 3.63) is 52.5 Å². The fourth-order valence-corrected chi connectivity index (χ4v) is 5.30. The number of halogens is 2. The van der Waals surface area contributed by atoms with Crippen LogP contribution in [0.25, 0.3) is 0 Å². The Morgan fingerprint density at radius 3 is 2.13 bits per heavy atom. The van der Waals surface area contributed by atoms with E-state index in [0.717, 1.165) is 29.3 Å². The Morgan fingerprint density at radius 2 is 1.60 bits per heavy atom. The Labute approximate surface area is 187 Å². The number of carbonyl (C=O) groups excluding carboxylic acids is 1. The fraction of sp³-hybridized carbons (Fsp3) is 0.381. The van der Waals surface area contributed by atoms with Crippen LogP contribution in [0.15, 0.2) is 42.5 Å². The first kappa shape index (κ1) is 22.7. The summed E-state index contributed by atoms with van der Waals surface area (Å²) >= 11 is 12.1. The maximum Gasteiger partial charge on any atom is 0.247 e. The second-order valence-corrected chi connectivity index (χ2v) is 10.2. The van der Waals surface area contributed by atoms with Crippen molar-refractivity contribution in [3.63, 3.8) is 0 Å². The van der Waals surface area contributed by atoms with E-state index in [-0.39, 0.29) is 15.7 Å². The predicted molar refractivity (Wildman–Crippen MR) is 124 cm³/mol. The molecule has 1 N–H and O–H groups in total. The largest absolute Gasteiger partial charge is 0.372 e. The number of nitrogens with one attached hydrogen (secondary N) is 1. The van der Waals surface area contributed by atoms with Gasteiger partial charge < -0.3 is 10.2 Å². The summed E-state index contributed by atoms with van der Waals surface area (Å²) in [6, 6.07) is 11.0. The molecule has 1 aliphatic heterocycles. The highest BCUT2D eigenvalue weighted by Gasteiger charge is 2.29. The first-order valence-corrected chi connectivity index (χ1v) is 12.4. The Morgan fingerprint density at radius 1 is 1.03 bits per heavy atom. The topological polar surface area (TPSA) is 69.7 Å². The molecule has 1 heterocycles. The number of benzene rings is 2. The molecule has 2 aromatic rings. The van der Waals surface area contributed by atoms with Crippen LogP contribution in [-0.2, 0) is 14.8 Å². The molecule has 0 spiro atoms. The summed E-state index contributed by atoms with van der Waals surface area (Å²) < 4.78 is 25.9. The summed E-state index contributed by atoms with van der Waals surface area (Å²) in [5, 5.41) is 3.36. The van der Waals surface area contributed by atoms with Gasteiger partial charge in [0.2, 0.25) is 15.9 Å². The van der Waals surface area contributed by atoms with Crippen LogP contribution in [-0.4, -0.2) is 39.7 Å². The second kappa shape index (κ2) is 9.45. The first-order valence-electron chi connectivity index (χ1n) is 9.76. The van der Waals surface area contributed by atoms with Crippen LogP contribution in [0.5, 0.6) is 0 Å². The molecule has 162 valence electrons. The maximum absolute atomic E-state index is 12.8. The SMILES string of the molecule is CC(C(=O)Nc1ccc(N2CCCCC2)cc1)N(c1cc(Cl)cc(Cl)c1)S(C)(=O)=O. The van der Waals surface area contributed by atoms with Crippen molar-refractivity contribution in [1.82, 2.24) is 0 Å². The van der Waals surface area contributed by atoms with E-state index in [4.69, 9.17) is 23.2 Å². The quantitative estimate of drug-likeness (QED) is 0.660. The Hall–Kier alpha value is -1.96. The molecule has 2 aromatic carbocycles. The van der Waals surface area contributed by atoms with Crippen molar-refractivity contribution in [2.75, 3.05) is 33.9 Å². The number of amides is 1. The van der Waals surface area contributed by atoms with Crippen molar-refractivity contribution in [1.29, 1.82) is 0 Å². The molecule has 1 fully saturated rings. The summed E-state index contributed by atoms with van der Waals surface area (Å²) in [4.78, 5) is 15.2. The van der Waals surface area contributed by atoms with Crippen LogP contribution < -0.4 is 14.5 Å². The molecule has 0 aromatic heterocycles. The third-order valence-corrected chi connectivity index (χ3v) is 6.72. The standard InChI is InChI=1S/C21H25Cl2N3O3S/c1-15(26(30(2,28)29)20-13-16(22)12-17(23)14-20)21(27)24-18-6-8-19(9-7-18)25-10-4-3-5-11-25/h6-9,12-15H,3-5,10-11H2,1-2H3,(H,24,27). The highest BCUT2D eigenvalue weighted by Crippen LogP contribution is 2.29.